The van der Waals surface area contributed by atoms with Gasteiger partial charge in [0.15, 0.2) is 5.82 Å². The number of carboxylic acids is 1. The van der Waals surface area contributed by atoms with Gasteiger partial charge in [0.2, 0.25) is 0 Å². The van der Waals surface area contributed by atoms with Gasteiger partial charge in [0.05, 0.1) is 28.8 Å². The van der Waals surface area contributed by atoms with Gasteiger partial charge in [-0.1, -0.05) is 44.0 Å². The number of aryl methyl sites for hydroxylation is 1. The van der Waals surface area contributed by atoms with E-state index < -0.39 is 17.5 Å². The van der Waals surface area contributed by atoms with Gasteiger partial charge in [0, 0.05) is 35.8 Å². The molecule has 2 aromatic carbocycles. The van der Waals surface area contributed by atoms with Crippen molar-refractivity contribution < 1.29 is 14.3 Å². The third kappa shape index (κ3) is 7.85. The lowest BCUT2D eigenvalue weighted by molar-refractivity contribution is -0.140. The van der Waals surface area contributed by atoms with Gasteiger partial charge in [-0.05, 0) is 92.8 Å². The Morgan fingerprint density at radius 1 is 1.22 bits per heavy atom. The number of aliphatic carboxylic acids is 1. The predicted molar refractivity (Wildman–Crippen MR) is 181 cm³/mol. The van der Waals surface area contributed by atoms with Crippen LogP contribution in [0.1, 0.15) is 76.5 Å². The van der Waals surface area contributed by atoms with Gasteiger partial charge in [0.1, 0.15) is 5.65 Å². The topological polar surface area (TPSA) is 130 Å². The van der Waals surface area contributed by atoms with E-state index in [-0.39, 0.29) is 23.7 Å². The van der Waals surface area contributed by atoms with Crippen molar-refractivity contribution in [3.8, 4) is 16.9 Å². The first-order chi connectivity index (χ1) is 22.0. The molecule has 0 unspecified atom stereocenters. The third-order valence-corrected chi connectivity index (χ3v) is 8.99. The zero-order valence-corrected chi connectivity index (χ0v) is 27.4. The summed E-state index contributed by atoms with van der Waals surface area (Å²) in [4.78, 5) is 38.6. The normalized spacial score (nSPS) is 17.7. The van der Waals surface area contributed by atoms with Crippen molar-refractivity contribution in [1.29, 1.82) is 0 Å². The zero-order chi connectivity index (χ0) is 33.0. The van der Waals surface area contributed by atoms with Gasteiger partial charge in [-0.3, -0.25) is 19.3 Å². The molecule has 2 aromatic heterocycles. The third-order valence-electron chi connectivity index (χ3n) is 8.71. The second kappa shape index (κ2) is 14.6. The summed E-state index contributed by atoms with van der Waals surface area (Å²) in [7, 11) is 0. The summed E-state index contributed by atoms with van der Waals surface area (Å²) in [6.07, 6.45) is 7.98. The van der Waals surface area contributed by atoms with Crippen molar-refractivity contribution in [2.24, 2.45) is 16.6 Å². The molecule has 0 aliphatic carbocycles. The molecule has 1 fully saturated rings. The van der Waals surface area contributed by atoms with Crippen LogP contribution in [0.2, 0.25) is 5.02 Å². The summed E-state index contributed by atoms with van der Waals surface area (Å²) in [6.45, 7) is 6.59. The highest BCUT2D eigenvalue weighted by molar-refractivity contribution is 6.31. The van der Waals surface area contributed by atoms with Crippen LogP contribution in [0, 0.1) is 11.7 Å². The number of aromatic nitrogens is 3. The molecule has 4 N–H and O–H groups in total. The van der Waals surface area contributed by atoms with Crippen LogP contribution < -0.4 is 11.4 Å². The monoisotopic (exact) mass is 648 g/mol. The van der Waals surface area contributed by atoms with Crippen LogP contribution in [0.25, 0.3) is 28.0 Å². The molecular formula is C35H42ClFN6O3. The summed E-state index contributed by atoms with van der Waals surface area (Å²) in [5.41, 5.74) is 8.99. The molecule has 2 atom stereocenters. The SMILES string of the molecule is CC(N)=NCC[C@@H]1CCC[C@@H](c2ccc(-n3cc4cc(-c5cc(CCCC(C)C)cc(Cl)c5F)[nH]c4nc3=O)cc2)N1CC(=O)O. The maximum absolute atomic E-state index is 15.2. The molecule has 46 heavy (non-hydrogen) atoms. The number of rotatable bonds is 12. The number of nitrogens with zero attached hydrogens (tertiary/aromatic N) is 4. The Kier molecular flexibility index (Phi) is 10.6. The molecule has 3 heterocycles. The van der Waals surface area contributed by atoms with Crippen molar-refractivity contribution in [2.75, 3.05) is 13.1 Å². The molecule has 4 aromatic rings. The van der Waals surface area contributed by atoms with Gasteiger partial charge in [-0.2, -0.15) is 4.98 Å². The number of hydrogen-bond acceptors (Lipinski definition) is 5. The van der Waals surface area contributed by atoms with Gasteiger partial charge < -0.3 is 15.8 Å². The molecule has 1 saturated heterocycles. The number of aliphatic imine (C=N–C) groups is 1. The van der Waals surface area contributed by atoms with Crippen LogP contribution in [-0.4, -0.2) is 55.5 Å². The fourth-order valence-electron chi connectivity index (χ4n) is 6.47. The molecule has 244 valence electrons. The maximum Gasteiger partial charge on any atom is 0.354 e. The number of aromatic amines is 1. The summed E-state index contributed by atoms with van der Waals surface area (Å²) in [5.74, 6) is -0.286. The number of H-pyrrole nitrogens is 1. The number of carbonyl (C=O) groups is 1. The lowest BCUT2D eigenvalue weighted by Crippen LogP contribution is -2.45. The number of hydrogen-bond donors (Lipinski definition) is 3. The van der Waals surface area contributed by atoms with Crippen molar-refractivity contribution in [3.05, 3.63) is 81.1 Å². The smallest absolute Gasteiger partial charge is 0.354 e. The zero-order valence-electron chi connectivity index (χ0n) is 26.6. The van der Waals surface area contributed by atoms with Crippen LogP contribution in [0.4, 0.5) is 4.39 Å². The molecule has 9 nitrogen and oxygen atoms in total. The second-order valence-corrected chi connectivity index (χ2v) is 13.1. The van der Waals surface area contributed by atoms with E-state index in [1.54, 1.807) is 25.3 Å². The number of nitrogens with two attached hydrogens (primary N) is 1. The lowest BCUT2D eigenvalue weighted by Gasteiger charge is -2.41. The average molecular weight is 649 g/mol. The van der Waals surface area contributed by atoms with E-state index in [1.165, 1.54) is 4.57 Å². The number of amidine groups is 1. The van der Waals surface area contributed by atoms with E-state index in [0.29, 0.717) is 46.3 Å². The largest absolute Gasteiger partial charge is 0.480 e. The van der Waals surface area contributed by atoms with Crippen molar-refractivity contribution in [2.45, 2.75) is 77.8 Å². The van der Waals surface area contributed by atoms with Crippen molar-refractivity contribution in [3.63, 3.8) is 0 Å². The molecule has 11 heteroatoms. The van der Waals surface area contributed by atoms with Gasteiger partial charge in [-0.25, -0.2) is 9.18 Å². The minimum atomic E-state index is -0.871. The molecule has 0 amide bonds. The first-order valence-corrected chi connectivity index (χ1v) is 16.3. The standard InChI is InChI=1S/C35H42ClFN6O3/c1-21(2)6-4-7-23-16-28(33(37)29(36)17-23)30-18-25-19-43(35(46)41-34(25)40-30)27-12-10-24(11-13-27)31-9-5-8-26(14-15-39-22(3)38)42(31)20-32(44)45/h10-13,16-19,21,26,31H,4-9,14-15,20H2,1-3H3,(H2,38,39)(H,44,45)(H,40,41,46)/t26-,31-/m0/s1. The lowest BCUT2D eigenvalue weighted by atomic mass is 9.89. The molecule has 5 rings (SSSR count). The van der Waals surface area contributed by atoms with E-state index in [0.717, 1.165) is 56.1 Å². The van der Waals surface area contributed by atoms with Crippen molar-refractivity contribution >= 4 is 34.4 Å². The number of carboxylic acid groups (broad SMARTS) is 1. The van der Waals surface area contributed by atoms with Crippen molar-refractivity contribution in [1.82, 2.24) is 19.4 Å². The second-order valence-electron chi connectivity index (χ2n) is 12.7. The quantitative estimate of drug-likeness (QED) is 0.113. The molecule has 0 bridgehead atoms. The van der Waals surface area contributed by atoms with Crippen LogP contribution in [0.15, 0.2) is 58.4 Å². The highest BCUT2D eigenvalue weighted by Crippen LogP contribution is 2.36. The highest BCUT2D eigenvalue weighted by atomic mass is 35.5. The number of piperidine rings is 1. The molecule has 1 aliphatic rings. The van der Waals surface area contributed by atoms with E-state index in [4.69, 9.17) is 17.3 Å². The van der Waals surface area contributed by atoms with Crippen LogP contribution in [0.5, 0.6) is 0 Å². The summed E-state index contributed by atoms with van der Waals surface area (Å²) in [6, 6.07) is 12.9. The minimum Gasteiger partial charge on any atom is -0.480 e. The maximum atomic E-state index is 15.2. The number of likely N-dealkylation sites (tertiary alicyclic amines) is 1. The van der Waals surface area contributed by atoms with Gasteiger partial charge in [0.25, 0.3) is 0 Å². The van der Waals surface area contributed by atoms with Gasteiger partial charge >= 0.3 is 11.7 Å². The van der Waals surface area contributed by atoms with E-state index in [2.05, 4.69) is 28.8 Å². The van der Waals surface area contributed by atoms with E-state index in [1.807, 2.05) is 35.2 Å². The predicted octanol–water partition coefficient (Wildman–Crippen LogP) is 6.90. The Bertz CT molecular complexity index is 1780. The Morgan fingerprint density at radius 2 is 1.98 bits per heavy atom. The van der Waals surface area contributed by atoms with Gasteiger partial charge in [-0.15, -0.1) is 0 Å². The summed E-state index contributed by atoms with van der Waals surface area (Å²) >= 11 is 6.28. The molecular weight excluding hydrogens is 607 g/mol. The Hall–Kier alpha value is -4.02. The fraction of sp³-hybridized carbons (Fsp3) is 0.429. The number of nitrogens with one attached hydrogen (secondary N) is 1. The average Bonchev–Trinajstić information content (AvgIpc) is 3.41. The van der Waals surface area contributed by atoms with Crippen LogP contribution in [-0.2, 0) is 11.2 Å². The Balaban J connectivity index is 1.40. The molecule has 0 spiro atoms. The van der Waals surface area contributed by atoms with E-state index >= 15 is 4.39 Å². The summed E-state index contributed by atoms with van der Waals surface area (Å²) < 4.78 is 16.6. The van der Waals surface area contributed by atoms with E-state index in [9.17, 15) is 14.7 Å². The Labute approximate surface area is 273 Å². The first kappa shape index (κ1) is 33.3. The Morgan fingerprint density at radius 3 is 2.67 bits per heavy atom. The first-order valence-electron chi connectivity index (χ1n) is 15.9. The highest BCUT2D eigenvalue weighted by Gasteiger charge is 2.32. The minimum absolute atomic E-state index is 0.0636. The summed E-state index contributed by atoms with van der Waals surface area (Å²) in [5, 5.41) is 10.4. The molecule has 0 radical (unpaired) electrons. The fourth-order valence-corrected chi connectivity index (χ4v) is 6.71. The number of benzene rings is 2. The van der Waals surface area contributed by atoms with Crippen LogP contribution >= 0.6 is 11.6 Å². The molecule has 0 saturated carbocycles. The number of fused-ring (bicyclic) bond motifs is 1. The van der Waals surface area contributed by atoms with Crippen LogP contribution in [0.3, 0.4) is 0 Å². The number of halogens is 2. The molecule has 1 aliphatic heterocycles.